The van der Waals surface area contributed by atoms with E-state index in [9.17, 15) is 0 Å². The summed E-state index contributed by atoms with van der Waals surface area (Å²) < 4.78 is 10.9. The Bertz CT molecular complexity index is 566. The van der Waals surface area contributed by atoms with Crippen LogP contribution < -0.4 is 15.8 Å². The van der Waals surface area contributed by atoms with Gasteiger partial charge in [-0.1, -0.05) is 25.4 Å². The number of guanidine groups is 1. The minimum atomic E-state index is 0.0808. The first-order valence-electron chi connectivity index (χ1n) is 8.22. The van der Waals surface area contributed by atoms with Crippen LogP contribution >= 0.6 is 11.6 Å². The van der Waals surface area contributed by atoms with E-state index in [-0.39, 0.29) is 6.10 Å². The van der Waals surface area contributed by atoms with Gasteiger partial charge in [-0.2, -0.15) is 0 Å². The van der Waals surface area contributed by atoms with Crippen molar-refractivity contribution in [2.75, 3.05) is 45.2 Å². The number of aliphatic imine (C=N–C) groups is 1. The van der Waals surface area contributed by atoms with E-state index in [0.29, 0.717) is 29.2 Å². The van der Waals surface area contributed by atoms with Gasteiger partial charge in [0.2, 0.25) is 0 Å². The number of hydrogen-bond acceptors (Lipinski definition) is 4. The number of nitrogens with one attached hydrogen (secondary N) is 1. The number of anilines is 1. The molecule has 1 aliphatic rings. The number of morpholine rings is 1. The van der Waals surface area contributed by atoms with Gasteiger partial charge in [0, 0.05) is 25.3 Å². The van der Waals surface area contributed by atoms with Crippen LogP contribution in [-0.4, -0.2) is 56.9 Å². The van der Waals surface area contributed by atoms with Gasteiger partial charge in [-0.3, -0.25) is 9.89 Å². The van der Waals surface area contributed by atoms with Gasteiger partial charge >= 0.3 is 0 Å². The SMILES string of the molecule is COc1ccc(NC(N)=NCC2CN(CC(C)C)CCO2)cc1Cl. The van der Waals surface area contributed by atoms with Crippen LogP contribution in [-0.2, 0) is 4.74 Å². The Labute approximate surface area is 149 Å². The Morgan fingerprint density at radius 1 is 1.54 bits per heavy atom. The lowest BCUT2D eigenvalue weighted by atomic mass is 10.2. The third kappa shape index (κ3) is 5.85. The summed E-state index contributed by atoms with van der Waals surface area (Å²) in [6, 6.07) is 5.38. The lowest BCUT2D eigenvalue weighted by Crippen LogP contribution is -2.45. The van der Waals surface area contributed by atoms with Crippen molar-refractivity contribution >= 4 is 23.2 Å². The molecule has 1 aromatic rings. The average Bonchev–Trinajstić information content (AvgIpc) is 2.53. The number of nitrogens with two attached hydrogens (primary N) is 1. The van der Waals surface area contributed by atoms with Gasteiger partial charge in [-0.15, -0.1) is 0 Å². The summed E-state index contributed by atoms with van der Waals surface area (Å²) >= 11 is 6.10. The molecular formula is C17H27ClN4O2. The highest BCUT2D eigenvalue weighted by molar-refractivity contribution is 6.32. The summed E-state index contributed by atoms with van der Waals surface area (Å²) in [5.41, 5.74) is 6.73. The van der Waals surface area contributed by atoms with Gasteiger partial charge < -0.3 is 20.5 Å². The van der Waals surface area contributed by atoms with Crippen molar-refractivity contribution < 1.29 is 9.47 Å². The molecule has 134 valence electrons. The highest BCUT2D eigenvalue weighted by Crippen LogP contribution is 2.27. The molecule has 0 aromatic heterocycles. The second-order valence-corrected chi connectivity index (χ2v) is 6.75. The highest BCUT2D eigenvalue weighted by Gasteiger charge is 2.20. The van der Waals surface area contributed by atoms with Crippen molar-refractivity contribution in [1.82, 2.24) is 4.90 Å². The first-order valence-corrected chi connectivity index (χ1v) is 8.60. The maximum atomic E-state index is 6.10. The maximum absolute atomic E-state index is 6.10. The minimum absolute atomic E-state index is 0.0808. The highest BCUT2D eigenvalue weighted by atomic mass is 35.5. The Morgan fingerprint density at radius 3 is 3.00 bits per heavy atom. The molecule has 0 aliphatic carbocycles. The Hall–Kier alpha value is -1.50. The first-order chi connectivity index (χ1) is 11.5. The second-order valence-electron chi connectivity index (χ2n) is 6.35. The van der Waals surface area contributed by atoms with Crippen LogP contribution in [0.3, 0.4) is 0 Å². The molecule has 1 atom stereocenters. The van der Waals surface area contributed by atoms with Crippen LogP contribution in [0.1, 0.15) is 13.8 Å². The molecule has 0 saturated carbocycles. The standard InChI is InChI=1S/C17H27ClN4O2/c1-12(2)10-22-6-7-24-14(11-22)9-20-17(19)21-13-4-5-16(23-3)15(18)8-13/h4-5,8,12,14H,6-7,9-11H2,1-3H3,(H3,19,20,21). The predicted molar refractivity (Wildman–Crippen MR) is 99.1 cm³/mol. The summed E-state index contributed by atoms with van der Waals surface area (Å²) in [5.74, 6) is 1.62. The molecule has 0 amide bonds. The Kier molecular flexibility index (Phi) is 7.15. The summed E-state index contributed by atoms with van der Waals surface area (Å²) in [7, 11) is 1.58. The van der Waals surface area contributed by atoms with Crippen LogP contribution in [0.5, 0.6) is 5.75 Å². The molecule has 1 heterocycles. The molecule has 3 N–H and O–H groups in total. The van der Waals surface area contributed by atoms with Crippen molar-refractivity contribution in [3.63, 3.8) is 0 Å². The molecule has 6 nitrogen and oxygen atoms in total. The van der Waals surface area contributed by atoms with Gasteiger partial charge in [0.1, 0.15) is 5.75 Å². The first kappa shape index (κ1) is 18.8. The van der Waals surface area contributed by atoms with Crippen molar-refractivity contribution in [2.24, 2.45) is 16.6 Å². The molecule has 1 fully saturated rings. The molecule has 0 bridgehead atoms. The number of ether oxygens (including phenoxy) is 2. The molecule has 2 rings (SSSR count). The quantitative estimate of drug-likeness (QED) is 0.606. The van der Waals surface area contributed by atoms with Gasteiger partial charge in [0.15, 0.2) is 5.96 Å². The van der Waals surface area contributed by atoms with Crippen molar-refractivity contribution in [3.8, 4) is 5.75 Å². The van der Waals surface area contributed by atoms with E-state index in [4.69, 9.17) is 26.8 Å². The maximum Gasteiger partial charge on any atom is 0.193 e. The molecule has 1 aromatic carbocycles. The van der Waals surface area contributed by atoms with E-state index >= 15 is 0 Å². The number of hydrogen-bond donors (Lipinski definition) is 2. The number of rotatable bonds is 6. The monoisotopic (exact) mass is 354 g/mol. The normalized spacial score (nSPS) is 19.5. The fourth-order valence-corrected chi connectivity index (χ4v) is 2.96. The third-order valence-corrected chi connectivity index (χ3v) is 4.03. The van der Waals surface area contributed by atoms with Gasteiger partial charge in [0.05, 0.1) is 31.4 Å². The smallest absolute Gasteiger partial charge is 0.193 e. The Balaban J connectivity index is 1.86. The average molecular weight is 355 g/mol. The predicted octanol–water partition coefficient (Wildman–Crippen LogP) is 2.43. The molecule has 1 saturated heterocycles. The topological polar surface area (TPSA) is 72.1 Å². The van der Waals surface area contributed by atoms with E-state index in [1.165, 1.54) is 0 Å². The van der Waals surface area contributed by atoms with Crippen molar-refractivity contribution in [2.45, 2.75) is 20.0 Å². The number of methoxy groups -OCH3 is 1. The van der Waals surface area contributed by atoms with Crippen LogP contribution in [0.2, 0.25) is 5.02 Å². The number of benzene rings is 1. The zero-order valence-corrected chi connectivity index (χ0v) is 15.3. The lowest BCUT2D eigenvalue weighted by Gasteiger charge is -2.33. The van der Waals surface area contributed by atoms with E-state index in [2.05, 4.69) is 29.1 Å². The molecule has 7 heteroatoms. The molecule has 24 heavy (non-hydrogen) atoms. The fraction of sp³-hybridized carbons (Fsp3) is 0.588. The van der Waals surface area contributed by atoms with Gasteiger partial charge in [0.25, 0.3) is 0 Å². The van der Waals surface area contributed by atoms with Crippen LogP contribution in [0.4, 0.5) is 5.69 Å². The van der Waals surface area contributed by atoms with E-state index in [0.717, 1.165) is 31.9 Å². The van der Waals surface area contributed by atoms with E-state index < -0.39 is 0 Å². The summed E-state index contributed by atoms with van der Waals surface area (Å²) in [5, 5.41) is 3.56. The van der Waals surface area contributed by atoms with Gasteiger partial charge in [-0.05, 0) is 24.1 Å². The van der Waals surface area contributed by atoms with E-state index in [1.54, 1.807) is 19.2 Å². The van der Waals surface area contributed by atoms with E-state index in [1.807, 2.05) is 6.07 Å². The van der Waals surface area contributed by atoms with Crippen LogP contribution in [0.15, 0.2) is 23.2 Å². The largest absolute Gasteiger partial charge is 0.495 e. The zero-order chi connectivity index (χ0) is 17.5. The second kappa shape index (κ2) is 9.11. The molecule has 1 aliphatic heterocycles. The summed E-state index contributed by atoms with van der Waals surface area (Å²) in [6.07, 6.45) is 0.0808. The molecular weight excluding hydrogens is 328 g/mol. The zero-order valence-electron chi connectivity index (χ0n) is 14.6. The van der Waals surface area contributed by atoms with Crippen molar-refractivity contribution in [1.29, 1.82) is 0 Å². The number of nitrogens with zero attached hydrogens (tertiary/aromatic N) is 2. The summed E-state index contributed by atoms with van der Waals surface area (Å²) in [6.45, 7) is 8.70. The summed E-state index contributed by atoms with van der Waals surface area (Å²) in [4.78, 5) is 6.80. The Morgan fingerprint density at radius 2 is 2.33 bits per heavy atom. The molecule has 1 unspecified atom stereocenters. The van der Waals surface area contributed by atoms with Crippen molar-refractivity contribution in [3.05, 3.63) is 23.2 Å². The van der Waals surface area contributed by atoms with Crippen LogP contribution in [0.25, 0.3) is 0 Å². The molecule has 0 spiro atoms. The van der Waals surface area contributed by atoms with Crippen LogP contribution in [0, 0.1) is 5.92 Å². The third-order valence-electron chi connectivity index (χ3n) is 3.74. The fourth-order valence-electron chi connectivity index (χ4n) is 2.70. The lowest BCUT2D eigenvalue weighted by molar-refractivity contribution is -0.0261. The number of halogens is 1. The minimum Gasteiger partial charge on any atom is -0.495 e. The van der Waals surface area contributed by atoms with Gasteiger partial charge in [-0.25, -0.2) is 0 Å². The molecule has 0 radical (unpaired) electrons.